The van der Waals surface area contributed by atoms with Gasteiger partial charge in [-0.15, -0.1) is 0 Å². The summed E-state index contributed by atoms with van der Waals surface area (Å²) in [6.45, 7) is 3.69. The number of ether oxygens (including phenoxy) is 2. The summed E-state index contributed by atoms with van der Waals surface area (Å²) in [7, 11) is 0. The van der Waals surface area contributed by atoms with Gasteiger partial charge in [0.2, 0.25) is 0 Å². The monoisotopic (exact) mass is 487 g/mol. The minimum atomic E-state index is -0.347. The lowest BCUT2D eigenvalue weighted by atomic mass is 9.63. The molecule has 1 aliphatic heterocycles. The second-order valence-corrected chi connectivity index (χ2v) is 10.5. The molecule has 2 unspecified atom stereocenters. The topological polar surface area (TPSA) is 62.2 Å². The molecule has 0 aromatic heterocycles. The number of hydrogen-bond donors (Lipinski definition) is 2. The summed E-state index contributed by atoms with van der Waals surface area (Å²) in [4.78, 5) is 2.35. The van der Waals surface area contributed by atoms with Gasteiger partial charge in [-0.3, -0.25) is 4.90 Å². The maximum Gasteiger partial charge on any atom is 0.120 e. The number of fused-ring (bicyclic) bond motifs is 2. The van der Waals surface area contributed by atoms with E-state index in [9.17, 15) is 10.2 Å². The number of likely N-dealkylation sites (tertiary alicyclic amines) is 1. The van der Waals surface area contributed by atoms with Gasteiger partial charge in [-0.25, -0.2) is 0 Å². The Balaban J connectivity index is 1.36. The van der Waals surface area contributed by atoms with E-state index in [1.165, 1.54) is 0 Å². The SMILES string of the molecule is Oc1ccccc1CN1CC(COCc2ccccc2)(COCc2ccccc2)C2CC[C@H](O)C1C2. The number of benzene rings is 3. The van der Waals surface area contributed by atoms with E-state index in [1.54, 1.807) is 6.07 Å². The van der Waals surface area contributed by atoms with Crippen molar-refractivity contribution in [2.45, 2.75) is 51.2 Å². The molecule has 3 atom stereocenters. The number of para-hydroxylation sites is 1. The molecule has 2 fully saturated rings. The van der Waals surface area contributed by atoms with Gasteiger partial charge in [0, 0.05) is 30.1 Å². The normalized spacial score (nSPS) is 23.4. The maximum absolute atomic E-state index is 10.9. The van der Waals surface area contributed by atoms with E-state index in [1.807, 2.05) is 54.6 Å². The first-order chi connectivity index (χ1) is 17.6. The van der Waals surface area contributed by atoms with Crippen LogP contribution in [0.4, 0.5) is 0 Å². The van der Waals surface area contributed by atoms with Crippen molar-refractivity contribution in [2.75, 3.05) is 19.8 Å². The number of nitrogens with zero attached hydrogens (tertiary/aromatic N) is 1. The van der Waals surface area contributed by atoms with Crippen molar-refractivity contribution >= 4 is 0 Å². The van der Waals surface area contributed by atoms with Crippen LogP contribution in [-0.4, -0.2) is 47.0 Å². The fraction of sp³-hybridized carbons (Fsp3) is 0.419. The van der Waals surface area contributed by atoms with Gasteiger partial charge in [0.05, 0.1) is 32.5 Å². The maximum atomic E-state index is 10.9. The number of aromatic hydroxyl groups is 1. The van der Waals surface area contributed by atoms with Crippen molar-refractivity contribution in [3.05, 3.63) is 102 Å². The molecule has 2 aliphatic rings. The molecule has 190 valence electrons. The smallest absolute Gasteiger partial charge is 0.120 e. The van der Waals surface area contributed by atoms with Crippen LogP contribution in [0.2, 0.25) is 0 Å². The minimum Gasteiger partial charge on any atom is -0.508 e. The highest BCUT2D eigenvalue weighted by atomic mass is 16.5. The first-order valence-corrected chi connectivity index (χ1v) is 13.1. The predicted molar refractivity (Wildman–Crippen MR) is 140 cm³/mol. The molecule has 3 aromatic carbocycles. The van der Waals surface area contributed by atoms with E-state index in [4.69, 9.17) is 9.47 Å². The van der Waals surface area contributed by atoms with Crippen molar-refractivity contribution in [3.8, 4) is 5.75 Å². The third kappa shape index (κ3) is 5.81. The van der Waals surface area contributed by atoms with Crippen LogP contribution in [0.15, 0.2) is 84.9 Å². The molecule has 5 rings (SSSR count). The number of rotatable bonds is 10. The highest BCUT2D eigenvalue weighted by molar-refractivity contribution is 5.32. The summed E-state index contributed by atoms with van der Waals surface area (Å²) < 4.78 is 12.8. The number of phenols is 1. The third-order valence-corrected chi connectivity index (χ3v) is 8.00. The Kier molecular flexibility index (Phi) is 8.02. The molecule has 5 heteroatoms. The first-order valence-electron chi connectivity index (χ1n) is 13.1. The van der Waals surface area contributed by atoms with Gasteiger partial charge in [-0.1, -0.05) is 78.9 Å². The summed E-state index contributed by atoms with van der Waals surface area (Å²) in [6.07, 6.45) is 2.33. The molecule has 0 spiro atoms. The van der Waals surface area contributed by atoms with Gasteiger partial charge in [0.25, 0.3) is 0 Å². The Labute approximate surface area is 214 Å². The molecule has 1 saturated carbocycles. The molecular weight excluding hydrogens is 450 g/mol. The second kappa shape index (κ2) is 11.6. The number of aliphatic hydroxyl groups excluding tert-OH is 1. The van der Waals surface area contributed by atoms with E-state index in [-0.39, 0.29) is 17.6 Å². The zero-order valence-electron chi connectivity index (χ0n) is 20.8. The molecular formula is C31H37NO4. The molecule has 1 aliphatic carbocycles. The van der Waals surface area contributed by atoms with Crippen molar-refractivity contribution in [2.24, 2.45) is 11.3 Å². The Morgan fingerprint density at radius 1 is 0.778 bits per heavy atom. The Morgan fingerprint density at radius 2 is 1.36 bits per heavy atom. The van der Waals surface area contributed by atoms with Crippen LogP contribution in [0, 0.1) is 11.3 Å². The summed E-state index contributed by atoms with van der Waals surface area (Å²) in [6, 6.07) is 28.2. The van der Waals surface area contributed by atoms with Crippen LogP contribution in [0.25, 0.3) is 0 Å². The number of hydrogen-bond acceptors (Lipinski definition) is 5. The molecule has 0 amide bonds. The zero-order chi connectivity index (χ0) is 24.8. The minimum absolute atomic E-state index is 0.0831. The summed E-state index contributed by atoms with van der Waals surface area (Å²) in [5, 5.41) is 21.3. The molecule has 3 aromatic rings. The predicted octanol–water partition coefficient (Wildman–Crippen LogP) is 5.16. The van der Waals surface area contributed by atoms with Crippen LogP contribution in [-0.2, 0) is 29.2 Å². The highest BCUT2D eigenvalue weighted by Crippen LogP contribution is 2.47. The number of aliphatic hydroxyl groups is 1. The lowest BCUT2D eigenvalue weighted by Gasteiger charge is -2.55. The lowest BCUT2D eigenvalue weighted by Crippen LogP contribution is -2.62. The molecule has 2 bridgehead atoms. The third-order valence-electron chi connectivity index (χ3n) is 8.00. The van der Waals surface area contributed by atoms with Crippen LogP contribution in [0.1, 0.15) is 36.0 Å². The fourth-order valence-corrected chi connectivity index (χ4v) is 6.03. The molecule has 1 saturated heterocycles. The van der Waals surface area contributed by atoms with Gasteiger partial charge < -0.3 is 19.7 Å². The van der Waals surface area contributed by atoms with Crippen molar-refractivity contribution in [1.82, 2.24) is 4.90 Å². The molecule has 1 heterocycles. The number of phenolic OH excluding ortho intramolecular Hbond substituents is 1. The largest absolute Gasteiger partial charge is 0.508 e. The first kappa shape index (κ1) is 25.0. The average molecular weight is 488 g/mol. The lowest BCUT2D eigenvalue weighted by molar-refractivity contribution is -0.152. The van der Waals surface area contributed by atoms with E-state index in [0.717, 1.165) is 42.5 Å². The van der Waals surface area contributed by atoms with Gasteiger partial charge >= 0.3 is 0 Å². The van der Waals surface area contributed by atoms with E-state index >= 15 is 0 Å². The van der Waals surface area contributed by atoms with Crippen LogP contribution >= 0.6 is 0 Å². The Hall–Kier alpha value is -2.70. The summed E-state index contributed by atoms with van der Waals surface area (Å²) in [5.41, 5.74) is 3.02. The van der Waals surface area contributed by atoms with Crippen LogP contribution in [0.5, 0.6) is 5.75 Å². The van der Waals surface area contributed by atoms with Gasteiger partial charge in [0.15, 0.2) is 0 Å². The molecule has 0 radical (unpaired) electrons. The molecule has 36 heavy (non-hydrogen) atoms. The van der Waals surface area contributed by atoms with Gasteiger partial charge in [-0.05, 0) is 42.4 Å². The van der Waals surface area contributed by atoms with Crippen molar-refractivity contribution < 1.29 is 19.7 Å². The standard InChI is InChI=1S/C31H37NO4/c33-29-14-8-7-13-26(29)18-32-21-31(27-15-16-30(34)28(32)17-27,22-35-19-24-9-3-1-4-10-24)23-36-20-25-11-5-2-6-12-25/h1-14,27-28,30,33-34H,15-23H2/t27?,28?,30-/m0/s1. The van der Waals surface area contributed by atoms with E-state index in [2.05, 4.69) is 29.2 Å². The average Bonchev–Trinajstić information content (AvgIpc) is 2.91. The number of piperidine rings is 1. The zero-order valence-corrected chi connectivity index (χ0v) is 20.8. The molecule has 5 nitrogen and oxygen atoms in total. The van der Waals surface area contributed by atoms with Crippen LogP contribution < -0.4 is 0 Å². The Morgan fingerprint density at radius 3 is 1.97 bits per heavy atom. The van der Waals surface area contributed by atoms with Crippen molar-refractivity contribution in [3.63, 3.8) is 0 Å². The van der Waals surface area contributed by atoms with E-state index < -0.39 is 0 Å². The van der Waals surface area contributed by atoms with Crippen molar-refractivity contribution in [1.29, 1.82) is 0 Å². The fourth-order valence-electron chi connectivity index (χ4n) is 6.03. The summed E-state index contributed by atoms with van der Waals surface area (Å²) >= 11 is 0. The van der Waals surface area contributed by atoms with E-state index in [0.29, 0.717) is 44.6 Å². The van der Waals surface area contributed by atoms with Gasteiger partial charge in [0.1, 0.15) is 5.75 Å². The Bertz CT molecular complexity index is 1040. The van der Waals surface area contributed by atoms with Gasteiger partial charge in [-0.2, -0.15) is 0 Å². The highest BCUT2D eigenvalue weighted by Gasteiger charge is 2.51. The second-order valence-electron chi connectivity index (χ2n) is 10.5. The molecule has 2 N–H and O–H groups in total. The van der Waals surface area contributed by atoms with Crippen LogP contribution in [0.3, 0.4) is 0 Å². The quantitative estimate of drug-likeness (QED) is 0.414. The summed E-state index contributed by atoms with van der Waals surface area (Å²) in [5.74, 6) is 0.717.